The summed E-state index contributed by atoms with van der Waals surface area (Å²) in [7, 11) is 1.73. The van der Waals surface area contributed by atoms with Crippen LogP contribution in [0.5, 0.6) is 0 Å². The molecule has 1 aliphatic heterocycles. The molecule has 0 atom stereocenters. The lowest BCUT2D eigenvalue weighted by Gasteiger charge is -2.37. The number of nitrogens with zero attached hydrogens (tertiary/aromatic N) is 7. The Bertz CT molecular complexity index is 1080. The van der Waals surface area contributed by atoms with Crippen LogP contribution in [0.25, 0.3) is 11.3 Å². The number of aryl methyl sites for hydroxylation is 1. The van der Waals surface area contributed by atoms with Gasteiger partial charge in [0, 0.05) is 50.9 Å². The normalized spacial score (nSPS) is 15.9. The van der Waals surface area contributed by atoms with Gasteiger partial charge < -0.3 is 15.2 Å². The van der Waals surface area contributed by atoms with Crippen molar-refractivity contribution in [2.75, 3.05) is 23.7 Å². The molecule has 0 unspecified atom stereocenters. The number of nitrogen functional groups attached to an aromatic ring is 1. The molecule has 4 heterocycles. The molecule has 0 saturated carbocycles. The number of nitriles is 1. The van der Waals surface area contributed by atoms with E-state index in [2.05, 4.69) is 26.2 Å². The standard InChI is InChI=1S/C19H18ClFN8/c1-28-11-26-27-18(28)19(21)4-6-29(7-5-19)17-13(8-22)14(20)10-25-16(17)12-2-3-15(23)24-9-12/h2-3,9-11H,4-7H2,1H3,(H2,23,24). The average Bonchev–Trinajstić information content (AvgIpc) is 3.16. The molecule has 0 amide bonds. The molecule has 3 aromatic heterocycles. The molecule has 0 bridgehead atoms. The van der Waals surface area contributed by atoms with Crippen molar-refractivity contribution in [3.63, 3.8) is 0 Å². The quantitative estimate of drug-likeness (QED) is 0.704. The van der Waals surface area contributed by atoms with E-state index in [0.717, 1.165) is 0 Å². The fraction of sp³-hybridized carbons (Fsp3) is 0.316. The highest BCUT2D eigenvalue weighted by molar-refractivity contribution is 6.32. The lowest BCUT2D eigenvalue weighted by molar-refractivity contribution is 0.109. The minimum Gasteiger partial charge on any atom is -0.384 e. The van der Waals surface area contributed by atoms with Gasteiger partial charge in [-0.1, -0.05) is 11.6 Å². The van der Waals surface area contributed by atoms with Gasteiger partial charge in [0.2, 0.25) is 0 Å². The Morgan fingerprint density at radius 3 is 2.59 bits per heavy atom. The van der Waals surface area contributed by atoms with E-state index in [4.69, 9.17) is 17.3 Å². The molecule has 1 saturated heterocycles. The Hall–Kier alpha value is -3.25. The summed E-state index contributed by atoms with van der Waals surface area (Å²) in [4.78, 5) is 10.5. The van der Waals surface area contributed by atoms with Gasteiger partial charge >= 0.3 is 0 Å². The molecular weight excluding hydrogens is 395 g/mol. The molecule has 3 aromatic rings. The Morgan fingerprint density at radius 2 is 2.00 bits per heavy atom. The molecular formula is C19H18ClFN8. The van der Waals surface area contributed by atoms with E-state index in [9.17, 15) is 5.26 Å². The highest BCUT2D eigenvalue weighted by Crippen LogP contribution is 2.41. The number of nitrogens with two attached hydrogens (primary N) is 1. The van der Waals surface area contributed by atoms with Crippen LogP contribution in [-0.4, -0.2) is 37.8 Å². The van der Waals surface area contributed by atoms with Crippen molar-refractivity contribution in [3.05, 3.63) is 47.3 Å². The molecule has 1 aliphatic rings. The first-order chi connectivity index (χ1) is 13.9. The van der Waals surface area contributed by atoms with E-state index in [1.54, 1.807) is 29.9 Å². The second-order valence-electron chi connectivity index (χ2n) is 6.98. The lowest BCUT2D eigenvalue weighted by Crippen LogP contribution is -2.42. The highest BCUT2D eigenvalue weighted by atomic mass is 35.5. The Labute approximate surface area is 171 Å². The summed E-state index contributed by atoms with van der Waals surface area (Å²) in [5.41, 5.74) is 6.24. The van der Waals surface area contributed by atoms with Gasteiger partial charge in [-0.2, -0.15) is 5.26 Å². The lowest BCUT2D eigenvalue weighted by atomic mass is 9.91. The fourth-order valence-corrected chi connectivity index (χ4v) is 3.83. The first-order valence-electron chi connectivity index (χ1n) is 9.02. The first kappa shape index (κ1) is 19.1. The van der Waals surface area contributed by atoms with Crippen LogP contribution in [0.1, 0.15) is 24.2 Å². The van der Waals surface area contributed by atoms with E-state index < -0.39 is 5.67 Å². The van der Waals surface area contributed by atoms with Crippen LogP contribution >= 0.6 is 11.6 Å². The third kappa shape index (κ3) is 3.36. The topological polar surface area (TPSA) is 110 Å². The van der Waals surface area contributed by atoms with Crippen molar-refractivity contribution >= 4 is 23.1 Å². The summed E-state index contributed by atoms with van der Waals surface area (Å²) >= 11 is 6.25. The molecule has 8 nitrogen and oxygen atoms in total. The zero-order valence-corrected chi connectivity index (χ0v) is 16.4. The van der Waals surface area contributed by atoms with E-state index >= 15 is 4.39 Å². The number of hydrogen-bond acceptors (Lipinski definition) is 7. The average molecular weight is 413 g/mol. The predicted molar refractivity (Wildman–Crippen MR) is 107 cm³/mol. The van der Waals surface area contributed by atoms with Gasteiger partial charge in [0.25, 0.3) is 0 Å². The molecule has 0 radical (unpaired) electrons. The van der Waals surface area contributed by atoms with E-state index in [1.165, 1.54) is 12.5 Å². The minimum atomic E-state index is -1.58. The van der Waals surface area contributed by atoms with Crippen LogP contribution < -0.4 is 10.6 Å². The second-order valence-corrected chi connectivity index (χ2v) is 7.39. The molecule has 2 N–H and O–H groups in total. The summed E-state index contributed by atoms with van der Waals surface area (Å²) < 4.78 is 17.1. The summed E-state index contributed by atoms with van der Waals surface area (Å²) in [6, 6.07) is 5.61. The molecule has 29 heavy (non-hydrogen) atoms. The molecule has 4 rings (SSSR count). The summed E-state index contributed by atoms with van der Waals surface area (Å²) in [6.07, 6.45) is 4.94. The van der Waals surface area contributed by atoms with Crippen LogP contribution in [-0.2, 0) is 12.7 Å². The zero-order valence-electron chi connectivity index (χ0n) is 15.7. The summed E-state index contributed by atoms with van der Waals surface area (Å²) in [6.45, 7) is 0.741. The number of rotatable bonds is 3. The molecule has 148 valence electrons. The van der Waals surface area contributed by atoms with Crippen LogP contribution in [0.2, 0.25) is 5.02 Å². The van der Waals surface area contributed by atoms with Crippen molar-refractivity contribution in [2.45, 2.75) is 18.5 Å². The van der Waals surface area contributed by atoms with Crippen molar-refractivity contribution in [2.24, 2.45) is 7.05 Å². The molecule has 0 aliphatic carbocycles. The van der Waals surface area contributed by atoms with E-state index in [-0.39, 0.29) is 17.9 Å². The largest absolute Gasteiger partial charge is 0.384 e. The number of hydrogen-bond donors (Lipinski definition) is 1. The molecule has 0 aromatic carbocycles. The maximum absolute atomic E-state index is 15.5. The third-order valence-electron chi connectivity index (χ3n) is 5.16. The van der Waals surface area contributed by atoms with E-state index in [0.29, 0.717) is 47.2 Å². The van der Waals surface area contributed by atoms with E-state index in [1.807, 2.05) is 4.90 Å². The van der Waals surface area contributed by atoms with Crippen molar-refractivity contribution in [3.8, 4) is 17.3 Å². The Balaban J connectivity index is 1.72. The maximum atomic E-state index is 15.5. The smallest absolute Gasteiger partial charge is 0.173 e. The van der Waals surface area contributed by atoms with Crippen molar-refractivity contribution < 1.29 is 4.39 Å². The van der Waals surface area contributed by atoms with Gasteiger partial charge in [-0.3, -0.25) is 4.98 Å². The van der Waals surface area contributed by atoms with Gasteiger partial charge in [0.15, 0.2) is 11.5 Å². The highest BCUT2D eigenvalue weighted by Gasteiger charge is 2.41. The first-order valence-corrected chi connectivity index (χ1v) is 9.39. The second kappa shape index (κ2) is 7.29. The van der Waals surface area contributed by atoms with Crippen LogP contribution in [0.4, 0.5) is 15.9 Å². The van der Waals surface area contributed by atoms with Gasteiger partial charge in [0.05, 0.1) is 22.0 Å². The number of anilines is 2. The molecule has 1 fully saturated rings. The van der Waals surface area contributed by atoms with Gasteiger partial charge in [-0.15, -0.1) is 10.2 Å². The van der Waals surface area contributed by atoms with Crippen LogP contribution in [0.15, 0.2) is 30.9 Å². The molecule has 10 heteroatoms. The third-order valence-corrected chi connectivity index (χ3v) is 5.45. The number of alkyl halides is 1. The Kier molecular flexibility index (Phi) is 4.80. The maximum Gasteiger partial charge on any atom is 0.173 e. The summed E-state index contributed by atoms with van der Waals surface area (Å²) in [5, 5.41) is 17.7. The van der Waals surface area contributed by atoms with Crippen molar-refractivity contribution in [1.29, 1.82) is 5.26 Å². The number of halogens is 2. The van der Waals surface area contributed by atoms with Gasteiger partial charge in [0.1, 0.15) is 18.2 Å². The van der Waals surface area contributed by atoms with Crippen molar-refractivity contribution in [1.82, 2.24) is 24.7 Å². The van der Waals surface area contributed by atoms with Crippen LogP contribution in [0.3, 0.4) is 0 Å². The Morgan fingerprint density at radius 1 is 1.24 bits per heavy atom. The SMILES string of the molecule is Cn1cnnc1C1(F)CCN(c2c(-c3ccc(N)nc3)ncc(Cl)c2C#N)CC1. The molecule has 0 spiro atoms. The number of pyridine rings is 2. The number of aromatic nitrogens is 5. The zero-order chi connectivity index (χ0) is 20.6. The minimum absolute atomic E-state index is 0.205. The fourth-order valence-electron chi connectivity index (χ4n) is 3.65. The van der Waals surface area contributed by atoms with Crippen LogP contribution in [0, 0.1) is 11.3 Å². The predicted octanol–water partition coefficient (Wildman–Crippen LogP) is 2.84. The van der Waals surface area contributed by atoms with Gasteiger partial charge in [-0.05, 0) is 12.1 Å². The van der Waals surface area contributed by atoms with Gasteiger partial charge in [-0.25, -0.2) is 9.37 Å². The summed E-state index contributed by atoms with van der Waals surface area (Å²) in [5.74, 6) is 0.693. The number of piperidine rings is 1. The monoisotopic (exact) mass is 412 g/mol.